The van der Waals surface area contributed by atoms with E-state index < -0.39 is 0 Å². The van der Waals surface area contributed by atoms with Crippen molar-refractivity contribution in [1.29, 1.82) is 0 Å². The van der Waals surface area contributed by atoms with Crippen LogP contribution in [0.3, 0.4) is 0 Å². The van der Waals surface area contributed by atoms with E-state index in [-0.39, 0.29) is 17.9 Å². The van der Waals surface area contributed by atoms with Gasteiger partial charge in [0.15, 0.2) is 17.3 Å². The Morgan fingerprint density at radius 3 is 2.52 bits per heavy atom. The number of halogens is 1. The summed E-state index contributed by atoms with van der Waals surface area (Å²) in [6.07, 6.45) is 4.47. The molecule has 3 rings (SSSR count). The molecule has 1 aliphatic carbocycles. The molecule has 0 aliphatic heterocycles. The standard InChI is InChI=1S/C16H21N3O3.ClH/c1-20-12-6-4-11(10-13(12)21-2)5-7-14-18-15(19-22-14)16(17)8-3-9-16;/h4,6,10H,3,5,7-9,17H2,1-2H3;1H. The largest absolute Gasteiger partial charge is 0.493 e. The summed E-state index contributed by atoms with van der Waals surface area (Å²) in [5.74, 6) is 2.71. The van der Waals surface area contributed by atoms with Crippen LogP contribution in [0.25, 0.3) is 0 Å². The number of hydrogen-bond acceptors (Lipinski definition) is 6. The van der Waals surface area contributed by atoms with Gasteiger partial charge in [0.1, 0.15) is 0 Å². The highest BCUT2D eigenvalue weighted by atomic mass is 35.5. The van der Waals surface area contributed by atoms with E-state index in [2.05, 4.69) is 10.1 Å². The zero-order chi connectivity index (χ0) is 15.6. The van der Waals surface area contributed by atoms with Crippen molar-refractivity contribution >= 4 is 12.4 Å². The molecule has 1 fully saturated rings. The number of benzene rings is 1. The molecule has 2 aromatic rings. The minimum Gasteiger partial charge on any atom is -0.493 e. The van der Waals surface area contributed by atoms with Gasteiger partial charge in [-0.3, -0.25) is 0 Å². The number of ether oxygens (including phenoxy) is 2. The summed E-state index contributed by atoms with van der Waals surface area (Å²) < 4.78 is 15.9. The molecule has 2 N–H and O–H groups in total. The Morgan fingerprint density at radius 1 is 1.17 bits per heavy atom. The van der Waals surface area contributed by atoms with E-state index in [1.165, 1.54) is 0 Å². The maximum atomic E-state index is 6.20. The third-order valence-corrected chi connectivity index (χ3v) is 4.23. The summed E-state index contributed by atoms with van der Waals surface area (Å²) in [4.78, 5) is 4.44. The van der Waals surface area contributed by atoms with Crippen molar-refractivity contribution < 1.29 is 14.0 Å². The molecule has 7 heteroatoms. The molecular formula is C16H22ClN3O3. The van der Waals surface area contributed by atoms with Gasteiger partial charge in [0.25, 0.3) is 0 Å². The summed E-state index contributed by atoms with van der Waals surface area (Å²) in [5, 5.41) is 4.03. The molecule has 126 valence electrons. The Hall–Kier alpha value is -1.79. The summed E-state index contributed by atoms with van der Waals surface area (Å²) in [6, 6.07) is 5.87. The van der Waals surface area contributed by atoms with E-state index in [1.54, 1.807) is 14.2 Å². The molecule has 1 heterocycles. The van der Waals surface area contributed by atoms with Gasteiger partial charge < -0.3 is 19.7 Å². The quantitative estimate of drug-likeness (QED) is 0.871. The number of rotatable bonds is 6. The van der Waals surface area contributed by atoms with Crippen molar-refractivity contribution in [2.24, 2.45) is 5.73 Å². The van der Waals surface area contributed by atoms with Crippen molar-refractivity contribution in [2.75, 3.05) is 14.2 Å². The van der Waals surface area contributed by atoms with Crippen LogP contribution >= 0.6 is 12.4 Å². The van der Waals surface area contributed by atoms with Crippen molar-refractivity contribution in [2.45, 2.75) is 37.6 Å². The second-order valence-electron chi connectivity index (χ2n) is 5.71. The molecule has 1 aromatic carbocycles. The van der Waals surface area contributed by atoms with Crippen molar-refractivity contribution in [3.63, 3.8) is 0 Å². The molecule has 1 aromatic heterocycles. The van der Waals surface area contributed by atoms with Crippen LogP contribution in [0.2, 0.25) is 0 Å². The zero-order valence-electron chi connectivity index (χ0n) is 13.4. The van der Waals surface area contributed by atoms with Crippen LogP contribution in [0.5, 0.6) is 11.5 Å². The number of hydrogen-bond donors (Lipinski definition) is 1. The molecule has 0 saturated heterocycles. The topological polar surface area (TPSA) is 83.4 Å². The molecule has 0 unspecified atom stereocenters. The smallest absolute Gasteiger partial charge is 0.227 e. The minimum atomic E-state index is -0.370. The molecule has 0 amide bonds. The average Bonchev–Trinajstić information content (AvgIpc) is 2.99. The van der Waals surface area contributed by atoms with Crippen LogP contribution in [0.15, 0.2) is 22.7 Å². The second kappa shape index (κ2) is 7.19. The van der Waals surface area contributed by atoms with Gasteiger partial charge in [-0.05, 0) is 43.4 Å². The van der Waals surface area contributed by atoms with Crippen molar-refractivity contribution in [3.05, 3.63) is 35.5 Å². The highest BCUT2D eigenvalue weighted by molar-refractivity contribution is 5.85. The lowest BCUT2D eigenvalue weighted by Gasteiger charge is -2.34. The van der Waals surface area contributed by atoms with E-state index in [1.807, 2.05) is 18.2 Å². The van der Waals surface area contributed by atoms with Gasteiger partial charge in [-0.15, -0.1) is 12.4 Å². The molecule has 0 spiro atoms. The van der Waals surface area contributed by atoms with E-state index in [9.17, 15) is 0 Å². The van der Waals surface area contributed by atoms with Gasteiger partial charge in [0.05, 0.1) is 19.8 Å². The molecule has 1 aliphatic rings. The van der Waals surface area contributed by atoms with Crippen LogP contribution in [0, 0.1) is 0 Å². The Balaban J connectivity index is 0.00000192. The summed E-state index contributed by atoms with van der Waals surface area (Å²) in [5.41, 5.74) is 6.96. The van der Waals surface area contributed by atoms with E-state index in [0.717, 1.165) is 42.7 Å². The first-order chi connectivity index (χ1) is 10.6. The summed E-state index contributed by atoms with van der Waals surface area (Å²) in [6.45, 7) is 0. The highest BCUT2D eigenvalue weighted by Gasteiger charge is 2.38. The molecule has 0 radical (unpaired) electrons. The second-order valence-corrected chi connectivity index (χ2v) is 5.71. The SMILES string of the molecule is COc1ccc(CCc2nc(C3(N)CCC3)no2)cc1OC.Cl. The van der Waals surface area contributed by atoms with Crippen LogP contribution in [0.1, 0.15) is 36.5 Å². The first kappa shape index (κ1) is 17.6. The fourth-order valence-electron chi connectivity index (χ4n) is 2.63. The first-order valence-electron chi connectivity index (χ1n) is 7.47. The lowest BCUT2D eigenvalue weighted by Crippen LogP contribution is -2.44. The van der Waals surface area contributed by atoms with Gasteiger partial charge in [0.2, 0.25) is 5.89 Å². The van der Waals surface area contributed by atoms with Crippen molar-refractivity contribution in [3.8, 4) is 11.5 Å². The maximum absolute atomic E-state index is 6.20. The Morgan fingerprint density at radius 2 is 1.91 bits per heavy atom. The van der Waals surface area contributed by atoms with Gasteiger partial charge in [-0.2, -0.15) is 4.98 Å². The minimum absolute atomic E-state index is 0. The summed E-state index contributed by atoms with van der Waals surface area (Å²) in [7, 11) is 3.26. The van der Waals surface area contributed by atoms with Crippen LogP contribution in [0.4, 0.5) is 0 Å². The fraction of sp³-hybridized carbons (Fsp3) is 0.500. The van der Waals surface area contributed by atoms with Gasteiger partial charge >= 0.3 is 0 Å². The average molecular weight is 340 g/mol. The normalized spacial score (nSPS) is 15.4. The first-order valence-corrected chi connectivity index (χ1v) is 7.47. The van der Waals surface area contributed by atoms with Gasteiger partial charge in [-0.1, -0.05) is 11.2 Å². The van der Waals surface area contributed by atoms with E-state index in [0.29, 0.717) is 18.1 Å². The summed E-state index contributed by atoms with van der Waals surface area (Å²) >= 11 is 0. The highest BCUT2D eigenvalue weighted by Crippen LogP contribution is 2.37. The number of aromatic nitrogens is 2. The number of aryl methyl sites for hydroxylation is 2. The third kappa shape index (κ3) is 3.59. The van der Waals surface area contributed by atoms with Gasteiger partial charge in [-0.25, -0.2) is 0 Å². The Bertz CT molecular complexity index is 656. The Kier molecular flexibility index (Phi) is 5.49. The molecule has 0 bridgehead atoms. The molecule has 0 atom stereocenters. The predicted octanol–water partition coefficient (Wildman–Crippen LogP) is 2.63. The Labute approximate surface area is 141 Å². The number of nitrogens with zero attached hydrogens (tertiary/aromatic N) is 2. The maximum Gasteiger partial charge on any atom is 0.227 e. The van der Waals surface area contributed by atoms with Crippen LogP contribution < -0.4 is 15.2 Å². The molecule has 23 heavy (non-hydrogen) atoms. The zero-order valence-corrected chi connectivity index (χ0v) is 14.2. The number of methoxy groups -OCH3 is 2. The predicted molar refractivity (Wildman–Crippen MR) is 88.2 cm³/mol. The van der Waals surface area contributed by atoms with Crippen LogP contribution in [-0.4, -0.2) is 24.4 Å². The molecule has 6 nitrogen and oxygen atoms in total. The van der Waals surface area contributed by atoms with Gasteiger partial charge in [0, 0.05) is 6.42 Å². The monoisotopic (exact) mass is 339 g/mol. The lowest BCUT2D eigenvalue weighted by atomic mass is 9.77. The third-order valence-electron chi connectivity index (χ3n) is 4.23. The van der Waals surface area contributed by atoms with Crippen molar-refractivity contribution in [1.82, 2.24) is 10.1 Å². The number of nitrogens with two attached hydrogens (primary N) is 1. The fourth-order valence-corrected chi connectivity index (χ4v) is 2.63. The van der Waals surface area contributed by atoms with E-state index in [4.69, 9.17) is 19.7 Å². The molecule has 1 saturated carbocycles. The molecular weight excluding hydrogens is 318 g/mol. The lowest BCUT2D eigenvalue weighted by molar-refractivity contribution is 0.229. The van der Waals surface area contributed by atoms with E-state index >= 15 is 0 Å². The van der Waals surface area contributed by atoms with Crippen LogP contribution in [-0.2, 0) is 18.4 Å².